The summed E-state index contributed by atoms with van der Waals surface area (Å²) in [6, 6.07) is 0. The van der Waals surface area contributed by atoms with Crippen LogP contribution in [-0.2, 0) is 0 Å². The summed E-state index contributed by atoms with van der Waals surface area (Å²) in [5.41, 5.74) is 0. The van der Waals surface area contributed by atoms with Crippen molar-refractivity contribution in [2.75, 3.05) is 5.75 Å². The van der Waals surface area contributed by atoms with Gasteiger partial charge in [-0.3, -0.25) is 0 Å². The van der Waals surface area contributed by atoms with Crippen molar-refractivity contribution < 1.29 is 0 Å². The van der Waals surface area contributed by atoms with Gasteiger partial charge in [0.1, 0.15) is 0 Å². The van der Waals surface area contributed by atoms with E-state index >= 15 is 0 Å². The molecule has 1 aliphatic carbocycles. The van der Waals surface area contributed by atoms with Gasteiger partial charge in [-0.05, 0) is 36.3 Å². The van der Waals surface area contributed by atoms with Crippen LogP contribution in [0.4, 0.5) is 0 Å². The Morgan fingerprint density at radius 1 is 1.06 bits per heavy atom. The van der Waals surface area contributed by atoms with Gasteiger partial charge in [0.05, 0.1) is 0 Å². The normalized spacial score (nSPS) is 22.3. The van der Waals surface area contributed by atoms with E-state index < -0.39 is 0 Å². The van der Waals surface area contributed by atoms with Crippen molar-refractivity contribution >= 4 is 11.8 Å². The first kappa shape index (κ1) is 14.4. The van der Waals surface area contributed by atoms with Crippen molar-refractivity contribution in [1.29, 1.82) is 0 Å². The highest BCUT2D eigenvalue weighted by Gasteiger charge is 2.21. The van der Waals surface area contributed by atoms with Crippen LogP contribution in [0.2, 0.25) is 0 Å². The van der Waals surface area contributed by atoms with E-state index in [9.17, 15) is 0 Å². The first-order chi connectivity index (χ1) is 7.65. The van der Waals surface area contributed by atoms with Crippen LogP contribution in [0.15, 0.2) is 0 Å². The molecule has 1 fully saturated rings. The summed E-state index contributed by atoms with van der Waals surface area (Å²) in [7, 11) is 0. The molecule has 0 saturated heterocycles. The molecule has 1 heteroatoms. The van der Waals surface area contributed by atoms with Gasteiger partial charge >= 0.3 is 0 Å². The zero-order chi connectivity index (χ0) is 12.0. The zero-order valence-corrected chi connectivity index (χ0v) is 12.5. The lowest BCUT2D eigenvalue weighted by Crippen LogP contribution is -2.20. The monoisotopic (exact) mass is 242 g/mol. The lowest BCUT2D eigenvalue weighted by molar-refractivity contribution is 0.294. The Bertz CT molecular complexity index is 170. The number of rotatable bonds is 6. The average molecular weight is 242 g/mol. The maximum Gasteiger partial charge on any atom is 0.00471 e. The maximum atomic E-state index is 2.44. The van der Waals surface area contributed by atoms with E-state index in [0.717, 1.165) is 23.0 Å². The predicted molar refractivity (Wildman–Crippen MR) is 77.1 cm³/mol. The Balaban J connectivity index is 2.27. The van der Waals surface area contributed by atoms with Gasteiger partial charge in [0.2, 0.25) is 0 Å². The van der Waals surface area contributed by atoms with Crippen molar-refractivity contribution in [3.05, 3.63) is 0 Å². The summed E-state index contributed by atoms with van der Waals surface area (Å²) in [6.45, 7) is 9.56. The van der Waals surface area contributed by atoms with Crippen molar-refractivity contribution in [2.24, 2.45) is 17.8 Å². The molecule has 0 radical (unpaired) electrons. The minimum Gasteiger partial charge on any atom is -0.158 e. The Hall–Kier alpha value is 0.350. The van der Waals surface area contributed by atoms with E-state index in [1.54, 1.807) is 0 Å². The highest BCUT2D eigenvalue weighted by Crippen LogP contribution is 2.33. The van der Waals surface area contributed by atoms with Crippen LogP contribution < -0.4 is 0 Å². The van der Waals surface area contributed by atoms with Gasteiger partial charge in [0.25, 0.3) is 0 Å². The van der Waals surface area contributed by atoms with Crippen LogP contribution in [0.25, 0.3) is 0 Å². The van der Waals surface area contributed by atoms with E-state index in [0.29, 0.717) is 0 Å². The lowest BCUT2D eigenvalue weighted by atomic mass is 9.85. The van der Waals surface area contributed by atoms with E-state index in [4.69, 9.17) is 0 Å². The number of thioether (sulfide) groups is 1. The van der Waals surface area contributed by atoms with E-state index in [-0.39, 0.29) is 0 Å². The fourth-order valence-corrected chi connectivity index (χ4v) is 4.40. The highest BCUT2D eigenvalue weighted by molar-refractivity contribution is 7.99. The molecule has 0 aliphatic heterocycles. The van der Waals surface area contributed by atoms with Crippen LogP contribution in [-0.4, -0.2) is 11.0 Å². The summed E-state index contributed by atoms with van der Waals surface area (Å²) >= 11 is 2.28. The second kappa shape index (κ2) is 7.63. The summed E-state index contributed by atoms with van der Waals surface area (Å²) in [5, 5.41) is 0.988. The standard InChI is InChI=1S/C15H30S/c1-5-14(13(4)12(2)3)11-16-15-9-7-6-8-10-15/h12-15H,5-11H2,1-4H3/t13-,14?/m1/s1. The van der Waals surface area contributed by atoms with Gasteiger partial charge in [-0.15, -0.1) is 0 Å². The third-order valence-electron chi connectivity index (χ3n) is 4.42. The van der Waals surface area contributed by atoms with Crippen molar-refractivity contribution in [2.45, 2.75) is 71.5 Å². The molecule has 2 atom stereocenters. The maximum absolute atomic E-state index is 2.44. The smallest absolute Gasteiger partial charge is 0.00471 e. The summed E-state index contributed by atoms with van der Waals surface area (Å²) < 4.78 is 0. The Kier molecular flexibility index (Phi) is 6.87. The van der Waals surface area contributed by atoms with Crippen molar-refractivity contribution in [1.82, 2.24) is 0 Å². The SMILES string of the molecule is CCC(CSC1CCCCC1)[C@H](C)C(C)C. The largest absolute Gasteiger partial charge is 0.158 e. The molecule has 0 bridgehead atoms. The summed E-state index contributed by atoms with van der Waals surface area (Å²) in [6.07, 6.45) is 8.77. The molecule has 0 spiro atoms. The predicted octanol–water partition coefficient (Wildman–Crippen LogP) is 5.37. The molecule has 1 unspecified atom stereocenters. The molecular weight excluding hydrogens is 212 g/mol. The number of hydrogen-bond acceptors (Lipinski definition) is 1. The quantitative estimate of drug-likeness (QED) is 0.603. The first-order valence-electron chi connectivity index (χ1n) is 7.26. The molecule has 0 aromatic carbocycles. The third-order valence-corrected chi connectivity index (χ3v) is 5.98. The van der Waals surface area contributed by atoms with Crippen LogP contribution >= 0.6 is 11.8 Å². The van der Waals surface area contributed by atoms with Gasteiger partial charge in [0, 0.05) is 5.25 Å². The van der Waals surface area contributed by atoms with Gasteiger partial charge in [-0.1, -0.05) is 53.4 Å². The lowest BCUT2D eigenvalue weighted by Gasteiger charge is -2.28. The van der Waals surface area contributed by atoms with Crippen LogP contribution in [0.1, 0.15) is 66.2 Å². The molecule has 16 heavy (non-hydrogen) atoms. The molecule has 0 N–H and O–H groups in total. The topological polar surface area (TPSA) is 0 Å². The summed E-state index contributed by atoms with van der Waals surface area (Å²) in [4.78, 5) is 0. The van der Waals surface area contributed by atoms with Crippen molar-refractivity contribution in [3.8, 4) is 0 Å². The van der Waals surface area contributed by atoms with Gasteiger partial charge in [0.15, 0.2) is 0 Å². The molecule has 0 heterocycles. The Morgan fingerprint density at radius 3 is 2.19 bits per heavy atom. The minimum atomic E-state index is 0.844. The average Bonchev–Trinajstić information content (AvgIpc) is 2.30. The van der Waals surface area contributed by atoms with Gasteiger partial charge in [-0.2, -0.15) is 11.8 Å². The zero-order valence-electron chi connectivity index (χ0n) is 11.7. The molecule has 0 nitrogen and oxygen atoms in total. The molecule has 0 amide bonds. The summed E-state index contributed by atoms with van der Waals surface area (Å²) in [5.74, 6) is 4.07. The van der Waals surface area contributed by atoms with Crippen LogP contribution in [0.5, 0.6) is 0 Å². The van der Waals surface area contributed by atoms with E-state index in [2.05, 4.69) is 39.5 Å². The molecule has 0 aromatic rings. The van der Waals surface area contributed by atoms with E-state index in [1.165, 1.54) is 44.3 Å². The molecule has 1 aliphatic rings. The highest BCUT2D eigenvalue weighted by atomic mass is 32.2. The second-order valence-electron chi connectivity index (χ2n) is 5.86. The van der Waals surface area contributed by atoms with Gasteiger partial charge in [-0.25, -0.2) is 0 Å². The van der Waals surface area contributed by atoms with Crippen LogP contribution in [0, 0.1) is 17.8 Å². The van der Waals surface area contributed by atoms with Crippen LogP contribution in [0.3, 0.4) is 0 Å². The van der Waals surface area contributed by atoms with E-state index in [1.807, 2.05) is 0 Å². The van der Waals surface area contributed by atoms with Crippen molar-refractivity contribution in [3.63, 3.8) is 0 Å². The minimum absolute atomic E-state index is 0.844. The second-order valence-corrected chi connectivity index (χ2v) is 7.20. The number of hydrogen-bond donors (Lipinski definition) is 0. The molecule has 0 aromatic heterocycles. The third kappa shape index (κ3) is 4.69. The first-order valence-corrected chi connectivity index (χ1v) is 8.31. The molecule has 1 rings (SSSR count). The Labute approximate surface area is 107 Å². The molecule has 96 valence electrons. The molecular formula is C15H30S. The fraction of sp³-hybridized carbons (Fsp3) is 1.00. The Morgan fingerprint density at radius 2 is 1.69 bits per heavy atom. The van der Waals surface area contributed by atoms with Gasteiger partial charge < -0.3 is 0 Å². The molecule has 1 saturated carbocycles. The fourth-order valence-electron chi connectivity index (χ4n) is 2.68.